The van der Waals surface area contributed by atoms with Crippen molar-refractivity contribution in [2.24, 2.45) is 0 Å². The lowest BCUT2D eigenvalue weighted by atomic mass is 10.3. The molecule has 1 aromatic heterocycles. The summed E-state index contributed by atoms with van der Waals surface area (Å²) in [7, 11) is 0. The number of thiophene rings is 1. The fourth-order valence-electron chi connectivity index (χ4n) is 1.42. The molecule has 1 atom stereocenters. The number of carbonyl (C=O) groups is 1. The van der Waals surface area contributed by atoms with Crippen molar-refractivity contribution in [1.82, 2.24) is 0 Å². The molecule has 0 aliphatic carbocycles. The van der Waals surface area contributed by atoms with E-state index in [9.17, 15) is 4.79 Å². The zero-order valence-corrected chi connectivity index (χ0v) is 10.2. The normalized spacial score (nSPS) is 17.5. The zero-order chi connectivity index (χ0) is 12.1. The van der Waals surface area contributed by atoms with Crippen molar-refractivity contribution >= 4 is 17.3 Å². The van der Waals surface area contributed by atoms with Gasteiger partial charge in [0.05, 0.1) is 0 Å². The first kappa shape index (κ1) is 12.0. The Kier molecular flexibility index (Phi) is 4.03. The van der Waals surface area contributed by atoms with Crippen LogP contribution in [0.1, 0.15) is 12.8 Å². The molecule has 0 saturated heterocycles. The average Bonchev–Trinajstić information content (AvgIpc) is 2.81. The lowest BCUT2D eigenvalue weighted by Gasteiger charge is -2.24. The molecule has 0 amide bonds. The topological polar surface area (TPSA) is 44.8 Å². The Labute approximate surface area is 104 Å². The third-order valence-electron chi connectivity index (χ3n) is 2.29. The lowest BCUT2D eigenvalue weighted by molar-refractivity contribution is -0.146. The summed E-state index contributed by atoms with van der Waals surface area (Å²) in [6, 6.07) is 0. The molecular weight excluding hydrogens is 240 g/mol. The van der Waals surface area contributed by atoms with E-state index in [4.69, 9.17) is 14.2 Å². The van der Waals surface area contributed by atoms with Crippen molar-refractivity contribution in [3.63, 3.8) is 0 Å². The summed E-state index contributed by atoms with van der Waals surface area (Å²) in [5.41, 5.74) is 0. The second-order valence-electron chi connectivity index (χ2n) is 3.66. The van der Waals surface area contributed by atoms with Gasteiger partial charge in [0, 0.05) is 17.2 Å². The standard InChI is InChI=1S/C12H14O4S/c1-2-3-4-12(13)15-6-9-5-14-10-7-17-8-11(10)16-9/h2,7-9H,1,3-6H2. The number of ether oxygens (including phenoxy) is 3. The summed E-state index contributed by atoms with van der Waals surface area (Å²) in [5.74, 6) is 1.27. The highest BCUT2D eigenvalue weighted by Gasteiger charge is 2.22. The molecule has 1 unspecified atom stereocenters. The molecule has 0 aromatic carbocycles. The van der Waals surface area contributed by atoms with Crippen LogP contribution in [0.2, 0.25) is 0 Å². The first-order chi connectivity index (χ1) is 8.29. The predicted octanol–water partition coefficient (Wildman–Crippen LogP) is 2.40. The molecule has 1 aromatic rings. The summed E-state index contributed by atoms with van der Waals surface area (Å²) in [4.78, 5) is 11.3. The minimum absolute atomic E-state index is 0.218. The summed E-state index contributed by atoms with van der Waals surface area (Å²) in [6.45, 7) is 4.19. The Morgan fingerprint density at radius 2 is 2.41 bits per heavy atom. The Morgan fingerprint density at radius 1 is 1.59 bits per heavy atom. The van der Waals surface area contributed by atoms with E-state index in [1.54, 1.807) is 6.08 Å². The molecule has 0 fully saturated rings. The fourth-order valence-corrected chi connectivity index (χ4v) is 2.09. The second kappa shape index (κ2) is 5.72. The lowest BCUT2D eigenvalue weighted by Crippen LogP contribution is -2.33. The van der Waals surface area contributed by atoms with Gasteiger partial charge < -0.3 is 14.2 Å². The van der Waals surface area contributed by atoms with E-state index in [0.29, 0.717) is 19.4 Å². The maximum Gasteiger partial charge on any atom is 0.306 e. The minimum Gasteiger partial charge on any atom is -0.485 e. The van der Waals surface area contributed by atoms with Crippen molar-refractivity contribution in [3.05, 3.63) is 23.4 Å². The first-order valence-electron chi connectivity index (χ1n) is 5.41. The highest BCUT2D eigenvalue weighted by molar-refractivity contribution is 7.08. The van der Waals surface area contributed by atoms with Crippen molar-refractivity contribution in [1.29, 1.82) is 0 Å². The number of fused-ring (bicyclic) bond motifs is 1. The smallest absolute Gasteiger partial charge is 0.306 e. The predicted molar refractivity (Wildman–Crippen MR) is 64.6 cm³/mol. The Morgan fingerprint density at radius 3 is 3.24 bits per heavy atom. The summed E-state index contributed by atoms with van der Waals surface area (Å²) in [6.07, 6.45) is 2.47. The van der Waals surface area contributed by atoms with E-state index < -0.39 is 0 Å². The quantitative estimate of drug-likeness (QED) is 0.598. The van der Waals surface area contributed by atoms with E-state index in [1.165, 1.54) is 11.3 Å². The van der Waals surface area contributed by atoms with E-state index in [0.717, 1.165) is 11.5 Å². The third-order valence-corrected chi connectivity index (χ3v) is 2.99. The number of hydrogen-bond donors (Lipinski definition) is 0. The number of allylic oxidation sites excluding steroid dienone is 1. The number of hydrogen-bond acceptors (Lipinski definition) is 5. The molecule has 2 rings (SSSR count). The molecule has 4 nitrogen and oxygen atoms in total. The van der Waals surface area contributed by atoms with Crippen molar-refractivity contribution in [2.45, 2.75) is 18.9 Å². The van der Waals surface area contributed by atoms with Crippen LogP contribution in [0.25, 0.3) is 0 Å². The molecule has 17 heavy (non-hydrogen) atoms. The van der Waals surface area contributed by atoms with Gasteiger partial charge in [-0.15, -0.1) is 17.9 Å². The SMILES string of the molecule is C=CCCC(=O)OCC1COc2cscc2O1. The highest BCUT2D eigenvalue weighted by Crippen LogP contribution is 2.35. The number of esters is 1. The largest absolute Gasteiger partial charge is 0.485 e. The van der Waals surface area contributed by atoms with Gasteiger partial charge in [-0.1, -0.05) is 6.08 Å². The monoisotopic (exact) mass is 254 g/mol. The van der Waals surface area contributed by atoms with Crippen LogP contribution in [0.3, 0.4) is 0 Å². The van der Waals surface area contributed by atoms with Crippen LogP contribution < -0.4 is 9.47 Å². The fraction of sp³-hybridized carbons (Fsp3) is 0.417. The van der Waals surface area contributed by atoms with Gasteiger partial charge in [0.2, 0.25) is 0 Å². The minimum atomic E-state index is -0.232. The third kappa shape index (κ3) is 3.23. The average molecular weight is 254 g/mol. The summed E-state index contributed by atoms with van der Waals surface area (Å²) < 4.78 is 16.2. The van der Waals surface area contributed by atoms with Crippen LogP contribution in [0.5, 0.6) is 11.5 Å². The molecule has 92 valence electrons. The van der Waals surface area contributed by atoms with Gasteiger partial charge in [0.15, 0.2) is 17.6 Å². The highest BCUT2D eigenvalue weighted by atomic mass is 32.1. The van der Waals surface area contributed by atoms with E-state index >= 15 is 0 Å². The van der Waals surface area contributed by atoms with Crippen LogP contribution in [-0.2, 0) is 9.53 Å². The second-order valence-corrected chi connectivity index (χ2v) is 4.41. The van der Waals surface area contributed by atoms with Crippen LogP contribution in [0.4, 0.5) is 0 Å². The van der Waals surface area contributed by atoms with Crippen LogP contribution >= 0.6 is 11.3 Å². The maximum absolute atomic E-state index is 11.3. The van der Waals surface area contributed by atoms with Gasteiger partial charge in [-0.25, -0.2) is 0 Å². The van der Waals surface area contributed by atoms with Gasteiger partial charge in [-0.05, 0) is 6.42 Å². The molecule has 5 heteroatoms. The van der Waals surface area contributed by atoms with E-state index in [-0.39, 0.29) is 18.7 Å². The Hall–Kier alpha value is -1.49. The molecule has 0 spiro atoms. The van der Waals surface area contributed by atoms with E-state index in [2.05, 4.69) is 6.58 Å². The molecular formula is C12H14O4S. The Balaban J connectivity index is 1.74. The van der Waals surface area contributed by atoms with Crippen LogP contribution in [0, 0.1) is 0 Å². The Bertz CT molecular complexity index is 399. The van der Waals surface area contributed by atoms with E-state index in [1.807, 2.05) is 10.8 Å². The molecule has 0 bridgehead atoms. The summed E-state index contributed by atoms with van der Waals surface area (Å²) in [5, 5.41) is 3.77. The van der Waals surface area contributed by atoms with Gasteiger partial charge in [0.1, 0.15) is 13.2 Å². The summed E-state index contributed by atoms with van der Waals surface area (Å²) >= 11 is 1.52. The molecule has 1 aliphatic rings. The van der Waals surface area contributed by atoms with Crippen molar-refractivity contribution in [3.8, 4) is 11.5 Å². The van der Waals surface area contributed by atoms with Gasteiger partial charge >= 0.3 is 5.97 Å². The first-order valence-corrected chi connectivity index (χ1v) is 6.36. The molecule has 0 N–H and O–H groups in total. The van der Waals surface area contributed by atoms with Crippen molar-refractivity contribution in [2.75, 3.05) is 13.2 Å². The van der Waals surface area contributed by atoms with Gasteiger partial charge in [-0.2, -0.15) is 0 Å². The van der Waals surface area contributed by atoms with Gasteiger partial charge in [-0.3, -0.25) is 4.79 Å². The molecule has 1 aliphatic heterocycles. The van der Waals surface area contributed by atoms with Crippen LogP contribution in [0.15, 0.2) is 23.4 Å². The van der Waals surface area contributed by atoms with Crippen LogP contribution in [-0.4, -0.2) is 25.3 Å². The number of rotatable bonds is 5. The molecule has 0 saturated carbocycles. The molecule has 2 heterocycles. The zero-order valence-electron chi connectivity index (χ0n) is 9.39. The van der Waals surface area contributed by atoms with Crippen molar-refractivity contribution < 1.29 is 19.0 Å². The van der Waals surface area contributed by atoms with Gasteiger partial charge in [0.25, 0.3) is 0 Å². The number of carbonyl (C=O) groups excluding carboxylic acids is 1. The molecule has 0 radical (unpaired) electrons. The maximum atomic E-state index is 11.3.